The van der Waals surface area contributed by atoms with Crippen LogP contribution in [0.5, 0.6) is 0 Å². The highest BCUT2D eigenvalue weighted by Gasteiger charge is 2.36. The minimum Gasteiger partial charge on any atom is -0.323 e. The monoisotopic (exact) mass is 517 g/mol. The maximum absolute atomic E-state index is 13.5. The number of nitrogens with one attached hydrogen (secondary N) is 2. The van der Waals surface area contributed by atoms with Crippen molar-refractivity contribution >= 4 is 52.2 Å². The van der Waals surface area contributed by atoms with Gasteiger partial charge in [-0.25, -0.2) is 4.98 Å². The Morgan fingerprint density at radius 1 is 1.06 bits per heavy atom. The third-order valence-corrected chi connectivity index (χ3v) is 6.94. The lowest BCUT2D eigenvalue weighted by Gasteiger charge is -2.28. The topological polar surface area (TPSA) is 104 Å². The second-order valence-corrected chi connectivity index (χ2v) is 9.43. The predicted octanol–water partition coefficient (Wildman–Crippen LogP) is 4.65. The molecule has 4 heterocycles. The number of hydrogen-bond donors (Lipinski definition) is 2. The molecule has 3 amide bonds. The molecule has 8 nitrogen and oxygen atoms in total. The molecule has 0 bridgehead atoms. The minimum atomic E-state index is -0.780. The number of amides is 3. The first-order chi connectivity index (χ1) is 17.5. The highest BCUT2D eigenvalue weighted by atomic mass is 35.5. The molecular formula is C26H20ClN5O3S. The first-order valence-electron chi connectivity index (χ1n) is 11.1. The Morgan fingerprint density at radius 2 is 1.86 bits per heavy atom. The van der Waals surface area contributed by atoms with Gasteiger partial charge in [0, 0.05) is 31.1 Å². The van der Waals surface area contributed by atoms with Gasteiger partial charge >= 0.3 is 0 Å². The van der Waals surface area contributed by atoms with Gasteiger partial charge in [0.15, 0.2) is 0 Å². The molecule has 3 aromatic heterocycles. The lowest BCUT2D eigenvalue weighted by Crippen LogP contribution is -2.46. The Bertz CT molecular complexity index is 1430. The fourth-order valence-electron chi connectivity index (χ4n) is 3.96. The summed E-state index contributed by atoms with van der Waals surface area (Å²) in [7, 11) is 0. The number of pyridine rings is 2. The van der Waals surface area contributed by atoms with Crippen molar-refractivity contribution in [2.45, 2.75) is 19.0 Å². The second kappa shape index (κ2) is 10.3. The quantitative estimate of drug-likeness (QED) is 0.387. The smallest absolute Gasteiger partial charge is 0.267 e. The number of carbonyl (C=O) groups is 3. The van der Waals surface area contributed by atoms with E-state index < -0.39 is 11.9 Å². The van der Waals surface area contributed by atoms with Crippen LogP contribution in [0.3, 0.4) is 0 Å². The summed E-state index contributed by atoms with van der Waals surface area (Å²) in [6, 6.07) is 16.6. The minimum absolute atomic E-state index is 0.128. The number of nitrogens with zero attached hydrogens (tertiary/aromatic N) is 3. The third-order valence-electron chi connectivity index (χ3n) is 5.72. The lowest BCUT2D eigenvalue weighted by atomic mass is 10.1. The number of hydrogen-bond acceptors (Lipinski definition) is 6. The fourth-order valence-corrected chi connectivity index (χ4v) is 5.06. The molecule has 0 radical (unpaired) electrons. The molecule has 1 atom stereocenters. The molecule has 1 aliphatic rings. The van der Waals surface area contributed by atoms with Crippen LogP contribution in [0.2, 0.25) is 5.02 Å². The van der Waals surface area contributed by atoms with E-state index in [-0.39, 0.29) is 35.4 Å². The molecule has 0 saturated heterocycles. The van der Waals surface area contributed by atoms with Crippen LogP contribution in [-0.2, 0) is 17.8 Å². The average molecular weight is 518 g/mol. The van der Waals surface area contributed by atoms with Gasteiger partial charge in [0.2, 0.25) is 5.91 Å². The van der Waals surface area contributed by atoms with E-state index in [2.05, 4.69) is 20.6 Å². The van der Waals surface area contributed by atoms with Gasteiger partial charge in [-0.1, -0.05) is 29.8 Å². The van der Waals surface area contributed by atoms with Crippen LogP contribution in [-0.4, -0.2) is 38.6 Å². The Kier molecular flexibility index (Phi) is 6.75. The lowest BCUT2D eigenvalue weighted by molar-refractivity contribution is -0.120. The molecule has 10 heteroatoms. The van der Waals surface area contributed by atoms with Gasteiger partial charge in [0.1, 0.15) is 16.7 Å². The maximum Gasteiger partial charge on any atom is 0.267 e. The van der Waals surface area contributed by atoms with Gasteiger partial charge in [-0.2, -0.15) is 0 Å². The number of fused-ring (bicyclic) bond motifs is 1. The second-order valence-electron chi connectivity index (χ2n) is 8.11. The molecule has 1 unspecified atom stereocenters. The van der Waals surface area contributed by atoms with E-state index in [4.69, 9.17) is 11.6 Å². The van der Waals surface area contributed by atoms with Crippen molar-refractivity contribution in [3.8, 4) is 0 Å². The first kappa shape index (κ1) is 23.7. The highest BCUT2D eigenvalue weighted by Crippen LogP contribution is 2.30. The SMILES string of the molecule is O=C(Nc1ccccn1)c1ccc(CN2C(=O)c3sccc3NC(=O)C2Cc2ccccn2)cc1Cl. The van der Waals surface area contributed by atoms with Crippen LogP contribution in [0, 0.1) is 0 Å². The standard InChI is InChI=1S/C26H20ClN5O3S/c27-19-13-16(7-8-18(19)24(33)31-22-6-2-4-11-29-22)15-32-21(14-17-5-1-3-10-28-17)25(34)30-20-9-12-36-23(20)26(32)35/h1-13,21H,14-15H2,(H,30,34)(H,29,31,33). The van der Waals surface area contributed by atoms with E-state index >= 15 is 0 Å². The molecule has 36 heavy (non-hydrogen) atoms. The number of benzene rings is 1. The summed E-state index contributed by atoms with van der Waals surface area (Å²) in [4.78, 5) is 49.8. The van der Waals surface area contributed by atoms with Crippen LogP contribution >= 0.6 is 22.9 Å². The van der Waals surface area contributed by atoms with Crippen molar-refractivity contribution in [1.29, 1.82) is 0 Å². The van der Waals surface area contributed by atoms with Gasteiger partial charge in [0.25, 0.3) is 11.8 Å². The van der Waals surface area contributed by atoms with Gasteiger partial charge in [-0.3, -0.25) is 19.4 Å². The summed E-state index contributed by atoms with van der Waals surface area (Å²) in [6.07, 6.45) is 3.49. The number of carbonyl (C=O) groups excluding carboxylic acids is 3. The van der Waals surface area contributed by atoms with Crippen LogP contribution in [0.15, 0.2) is 78.4 Å². The van der Waals surface area contributed by atoms with E-state index in [9.17, 15) is 14.4 Å². The van der Waals surface area contributed by atoms with E-state index in [1.54, 1.807) is 66.3 Å². The summed E-state index contributed by atoms with van der Waals surface area (Å²) in [5, 5.41) is 7.58. The van der Waals surface area contributed by atoms with Crippen molar-refractivity contribution in [2.75, 3.05) is 10.6 Å². The van der Waals surface area contributed by atoms with Crippen LogP contribution < -0.4 is 10.6 Å². The van der Waals surface area contributed by atoms with Gasteiger partial charge in [0.05, 0.1) is 16.3 Å². The Labute approximate surface area is 216 Å². The molecule has 180 valence electrons. The zero-order valence-electron chi connectivity index (χ0n) is 18.8. The molecule has 1 aromatic carbocycles. The van der Waals surface area contributed by atoms with Gasteiger partial charge in [-0.05, 0) is 53.4 Å². The normalized spacial score (nSPS) is 15.1. The molecular weight excluding hydrogens is 498 g/mol. The van der Waals surface area contributed by atoms with Gasteiger partial charge < -0.3 is 15.5 Å². The number of rotatable bonds is 6. The highest BCUT2D eigenvalue weighted by molar-refractivity contribution is 7.12. The molecule has 2 N–H and O–H groups in total. The van der Waals surface area contributed by atoms with E-state index in [1.165, 1.54) is 16.2 Å². The summed E-state index contributed by atoms with van der Waals surface area (Å²) >= 11 is 7.74. The van der Waals surface area contributed by atoms with Crippen molar-refractivity contribution in [2.24, 2.45) is 0 Å². The molecule has 0 spiro atoms. The summed E-state index contributed by atoms with van der Waals surface area (Å²) in [5.41, 5.74) is 2.15. The van der Waals surface area contributed by atoms with Crippen LogP contribution in [0.25, 0.3) is 0 Å². The number of halogens is 1. The summed E-state index contributed by atoms with van der Waals surface area (Å²) in [6.45, 7) is 0.128. The predicted molar refractivity (Wildman–Crippen MR) is 138 cm³/mol. The third kappa shape index (κ3) is 4.98. The summed E-state index contributed by atoms with van der Waals surface area (Å²) in [5.74, 6) is -0.532. The molecule has 4 aromatic rings. The zero-order chi connectivity index (χ0) is 25.1. The van der Waals surface area contributed by atoms with Crippen LogP contribution in [0.4, 0.5) is 11.5 Å². The Hall–Kier alpha value is -4.08. The molecule has 0 aliphatic carbocycles. The van der Waals surface area contributed by atoms with E-state index in [1.807, 2.05) is 12.1 Å². The van der Waals surface area contributed by atoms with Crippen molar-refractivity contribution in [3.63, 3.8) is 0 Å². The Morgan fingerprint density at radius 3 is 2.58 bits per heavy atom. The molecule has 5 rings (SSSR count). The molecule has 0 fully saturated rings. The zero-order valence-corrected chi connectivity index (χ0v) is 20.4. The number of anilines is 2. The largest absolute Gasteiger partial charge is 0.323 e. The molecule has 1 aliphatic heterocycles. The van der Waals surface area contributed by atoms with Crippen molar-refractivity contribution < 1.29 is 14.4 Å². The number of aromatic nitrogens is 2. The van der Waals surface area contributed by atoms with Gasteiger partial charge in [-0.15, -0.1) is 11.3 Å². The van der Waals surface area contributed by atoms with Crippen LogP contribution in [0.1, 0.15) is 31.3 Å². The fraction of sp³-hybridized carbons (Fsp3) is 0.115. The molecule has 0 saturated carbocycles. The first-order valence-corrected chi connectivity index (χ1v) is 12.4. The summed E-state index contributed by atoms with van der Waals surface area (Å²) < 4.78 is 0. The van der Waals surface area contributed by atoms with Crippen molar-refractivity contribution in [1.82, 2.24) is 14.9 Å². The Balaban J connectivity index is 1.42. The van der Waals surface area contributed by atoms with E-state index in [0.29, 0.717) is 27.6 Å². The van der Waals surface area contributed by atoms with Crippen molar-refractivity contribution in [3.05, 3.63) is 105 Å². The average Bonchev–Trinajstić information content (AvgIpc) is 3.32. The number of thiophene rings is 1. The maximum atomic E-state index is 13.5. The van der Waals surface area contributed by atoms with E-state index in [0.717, 1.165) is 0 Å².